The molecule has 0 amide bonds. The lowest BCUT2D eigenvalue weighted by Gasteiger charge is -2.10. The molecule has 0 unspecified atom stereocenters. The van der Waals surface area contributed by atoms with Gasteiger partial charge in [-0.25, -0.2) is 0 Å². The van der Waals surface area contributed by atoms with Gasteiger partial charge in [0.2, 0.25) is 0 Å². The van der Waals surface area contributed by atoms with E-state index in [1.165, 1.54) is 141 Å². The summed E-state index contributed by atoms with van der Waals surface area (Å²) in [7, 11) is 0. The Morgan fingerprint density at radius 1 is 0.447 bits per heavy atom. The number of hydrogen-bond acceptors (Lipinski definition) is 4. The number of hydrogen-bond donors (Lipinski definition) is 2. The van der Waals surface area contributed by atoms with Crippen LogP contribution in [0.3, 0.4) is 0 Å². The molecule has 0 aromatic heterocycles. The third-order valence-corrected chi connectivity index (χ3v) is 7.81. The van der Waals surface area contributed by atoms with Gasteiger partial charge in [-0.05, 0) is 62.5 Å². The van der Waals surface area contributed by atoms with Gasteiger partial charge < -0.3 is 31.3 Å². The maximum absolute atomic E-state index is 10.2. The smallest absolute Gasteiger partial charge is 0.0843 e. The Hall–Kier alpha value is -1.92. The van der Waals surface area contributed by atoms with Crippen LogP contribution in [0.25, 0.3) is 0 Å². The third-order valence-electron chi connectivity index (χ3n) is 7.81. The summed E-state index contributed by atoms with van der Waals surface area (Å²) in [5.74, 6) is -2.67. The Kier molecular flexibility index (Phi) is 20.7. The van der Waals surface area contributed by atoms with Gasteiger partial charge in [0.1, 0.15) is 0 Å². The molecule has 2 saturated carbocycles. The maximum atomic E-state index is 10.2. The Balaban J connectivity index is 0.000000285. The minimum Gasteiger partial charge on any atom is -0.545 e. The van der Waals surface area contributed by atoms with Crippen LogP contribution in [0.2, 0.25) is 0 Å². The van der Waals surface area contributed by atoms with Crippen LogP contribution in [0.1, 0.15) is 162 Å². The van der Waals surface area contributed by atoms with E-state index >= 15 is 0 Å². The van der Waals surface area contributed by atoms with E-state index in [2.05, 4.69) is 11.5 Å². The lowest BCUT2D eigenvalue weighted by molar-refractivity contribution is -0.423. The van der Waals surface area contributed by atoms with Crippen molar-refractivity contribution in [2.24, 2.45) is 0 Å². The van der Waals surface area contributed by atoms with Crippen LogP contribution >= 0.6 is 0 Å². The molecule has 0 heterocycles. The molecule has 2 aliphatic carbocycles. The zero-order valence-electron chi connectivity index (χ0n) is 24.1. The zero-order valence-corrected chi connectivity index (χ0v) is 24.1. The maximum Gasteiger partial charge on any atom is 0.0843 e. The van der Waals surface area contributed by atoms with Crippen LogP contribution in [-0.2, 0) is 0 Å². The number of aromatic carboxylic acids is 2. The fourth-order valence-corrected chi connectivity index (χ4v) is 5.24. The summed E-state index contributed by atoms with van der Waals surface area (Å²) >= 11 is 0. The van der Waals surface area contributed by atoms with Crippen LogP contribution in [0.5, 0.6) is 0 Å². The van der Waals surface area contributed by atoms with Crippen molar-refractivity contribution in [2.45, 2.75) is 153 Å². The molecule has 0 spiro atoms. The molecule has 0 aliphatic heterocycles. The topological polar surface area (TPSA) is 136 Å². The first-order chi connectivity index (χ1) is 18.4. The van der Waals surface area contributed by atoms with Gasteiger partial charge in [-0.3, -0.25) is 0 Å². The number of benzene rings is 1. The second-order valence-corrected chi connectivity index (χ2v) is 11.4. The molecule has 6 nitrogen and oxygen atoms in total. The second kappa shape index (κ2) is 23.0. The van der Waals surface area contributed by atoms with Crippen LogP contribution in [-0.4, -0.2) is 24.0 Å². The van der Waals surface area contributed by atoms with E-state index in [1.807, 2.05) is 0 Å². The highest BCUT2D eigenvalue weighted by molar-refractivity contribution is 5.89. The third kappa shape index (κ3) is 19.2. The SMILES string of the molecule is O=C([O-])c1ccc(C(=O)[O-])cc1.[NH3+]C1CCCCCCCCCCC1.[NH3+]C1CCCCCCCCCCC1. The van der Waals surface area contributed by atoms with Crippen LogP contribution in [0.15, 0.2) is 24.3 Å². The summed E-state index contributed by atoms with van der Waals surface area (Å²) in [4.78, 5) is 20.4. The Morgan fingerprint density at radius 3 is 0.816 bits per heavy atom. The van der Waals surface area contributed by atoms with Gasteiger partial charge >= 0.3 is 0 Å². The summed E-state index contributed by atoms with van der Waals surface area (Å²) in [6.45, 7) is 0. The van der Waals surface area contributed by atoms with Crippen LogP contribution in [0, 0.1) is 0 Å². The first-order valence-corrected chi connectivity index (χ1v) is 15.6. The monoisotopic (exact) mass is 532 g/mol. The average Bonchev–Trinajstić information content (AvgIpc) is 2.89. The minimum atomic E-state index is -1.33. The van der Waals surface area contributed by atoms with Gasteiger partial charge in [0.25, 0.3) is 0 Å². The molecule has 2 fully saturated rings. The van der Waals surface area contributed by atoms with Crippen molar-refractivity contribution < 1.29 is 31.3 Å². The predicted molar refractivity (Wildman–Crippen MR) is 150 cm³/mol. The predicted octanol–water partition coefficient (Wildman–Crippen LogP) is 4.22. The molecule has 218 valence electrons. The lowest BCUT2D eigenvalue weighted by Crippen LogP contribution is -2.60. The van der Waals surface area contributed by atoms with E-state index in [-0.39, 0.29) is 11.1 Å². The summed E-state index contributed by atoms with van der Waals surface area (Å²) in [6.07, 6.45) is 31.7. The van der Waals surface area contributed by atoms with Gasteiger partial charge in [0, 0.05) is 0 Å². The fourth-order valence-electron chi connectivity index (χ4n) is 5.24. The van der Waals surface area contributed by atoms with Crippen molar-refractivity contribution in [3.63, 3.8) is 0 Å². The van der Waals surface area contributed by atoms with Crippen molar-refractivity contribution in [1.29, 1.82) is 0 Å². The van der Waals surface area contributed by atoms with E-state index in [0.717, 1.165) is 36.3 Å². The Bertz CT molecular complexity index is 638. The first kappa shape index (κ1) is 34.1. The van der Waals surface area contributed by atoms with Gasteiger partial charge in [-0.1, -0.05) is 114 Å². The van der Waals surface area contributed by atoms with Crippen molar-refractivity contribution in [3.05, 3.63) is 35.4 Å². The molecule has 0 radical (unpaired) electrons. The van der Waals surface area contributed by atoms with E-state index in [0.29, 0.717) is 0 Å². The van der Waals surface area contributed by atoms with Crippen LogP contribution in [0.4, 0.5) is 0 Å². The minimum absolute atomic E-state index is 0.0556. The molecule has 2 aliphatic rings. The highest BCUT2D eigenvalue weighted by Crippen LogP contribution is 2.16. The van der Waals surface area contributed by atoms with E-state index in [4.69, 9.17) is 0 Å². The van der Waals surface area contributed by atoms with Crippen molar-refractivity contribution in [2.75, 3.05) is 0 Å². The lowest BCUT2D eigenvalue weighted by atomic mass is 9.99. The highest BCUT2D eigenvalue weighted by atomic mass is 16.4. The van der Waals surface area contributed by atoms with Crippen molar-refractivity contribution >= 4 is 11.9 Å². The molecule has 0 bridgehead atoms. The number of carbonyl (C=O) groups is 2. The molecule has 0 saturated heterocycles. The number of carboxylic acids is 2. The van der Waals surface area contributed by atoms with Crippen molar-refractivity contribution in [1.82, 2.24) is 0 Å². The highest BCUT2D eigenvalue weighted by Gasteiger charge is 2.07. The zero-order chi connectivity index (χ0) is 27.8. The Labute approximate surface area is 232 Å². The molecule has 6 heteroatoms. The second-order valence-electron chi connectivity index (χ2n) is 11.4. The summed E-state index contributed by atoms with van der Waals surface area (Å²) < 4.78 is 0. The van der Waals surface area contributed by atoms with E-state index in [1.54, 1.807) is 0 Å². The summed E-state index contributed by atoms with van der Waals surface area (Å²) in [6, 6.07) is 6.11. The quantitative estimate of drug-likeness (QED) is 0.589. The standard InChI is InChI=1S/2C12H25N.C8H6O4/c2*13-12-10-8-6-4-2-1-3-5-7-9-11-12;9-7(10)5-1-2-6(4-3-5)8(11)12/h2*12H,1-11,13H2;1-4H,(H,9,10)(H,11,12). The normalized spacial score (nSPS) is 19.8. The molecule has 0 atom stereocenters. The van der Waals surface area contributed by atoms with Gasteiger partial charge in [-0.15, -0.1) is 0 Å². The summed E-state index contributed by atoms with van der Waals surface area (Å²) in [5, 5.41) is 20.4. The molecule has 38 heavy (non-hydrogen) atoms. The molecular formula is C32H56N2O4. The number of rotatable bonds is 2. The van der Waals surface area contributed by atoms with Gasteiger partial charge in [0.05, 0.1) is 24.0 Å². The van der Waals surface area contributed by atoms with Gasteiger partial charge in [-0.2, -0.15) is 0 Å². The number of carboxylic acid groups (broad SMARTS) is 2. The largest absolute Gasteiger partial charge is 0.545 e. The molecule has 1 aromatic carbocycles. The van der Waals surface area contributed by atoms with E-state index in [9.17, 15) is 19.8 Å². The van der Waals surface area contributed by atoms with Gasteiger partial charge in [0.15, 0.2) is 0 Å². The van der Waals surface area contributed by atoms with Crippen LogP contribution < -0.4 is 21.7 Å². The molecule has 1 aromatic rings. The average molecular weight is 533 g/mol. The first-order valence-electron chi connectivity index (χ1n) is 15.6. The number of carbonyl (C=O) groups excluding carboxylic acids is 2. The van der Waals surface area contributed by atoms with Crippen molar-refractivity contribution in [3.8, 4) is 0 Å². The fraction of sp³-hybridized carbons (Fsp3) is 0.750. The molecule has 3 rings (SSSR count). The number of quaternary nitrogens is 2. The molecular weight excluding hydrogens is 476 g/mol. The van der Waals surface area contributed by atoms with E-state index < -0.39 is 11.9 Å². The summed E-state index contributed by atoms with van der Waals surface area (Å²) in [5.41, 5.74) is 8.34. The Morgan fingerprint density at radius 2 is 0.632 bits per heavy atom. The molecule has 6 N–H and O–H groups in total.